The first-order chi connectivity index (χ1) is 25.7. The van der Waals surface area contributed by atoms with Gasteiger partial charge >= 0.3 is 0 Å². The second kappa shape index (κ2) is 11.0. The highest BCUT2D eigenvalue weighted by molar-refractivity contribution is 6.28. The van der Waals surface area contributed by atoms with Gasteiger partial charge in [0.25, 0.3) is 0 Å². The molecular formula is C46H28N4O2. The molecule has 52 heavy (non-hydrogen) atoms. The number of benzene rings is 7. The minimum atomic E-state index is 0.564. The quantitative estimate of drug-likeness (QED) is 0.187. The van der Waals surface area contributed by atoms with E-state index in [1.165, 1.54) is 5.39 Å². The van der Waals surface area contributed by atoms with Crippen LogP contribution in [-0.4, -0.2) is 19.5 Å². The van der Waals surface area contributed by atoms with Crippen LogP contribution < -0.4 is 0 Å². The van der Waals surface area contributed by atoms with Crippen molar-refractivity contribution >= 4 is 65.7 Å². The van der Waals surface area contributed by atoms with Crippen LogP contribution in [0.25, 0.3) is 106 Å². The van der Waals surface area contributed by atoms with Crippen molar-refractivity contribution in [3.63, 3.8) is 0 Å². The van der Waals surface area contributed by atoms with Crippen LogP contribution in [0.1, 0.15) is 5.56 Å². The molecule has 0 amide bonds. The summed E-state index contributed by atoms with van der Waals surface area (Å²) in [5.41, 5.74) is 10.2. The molecule has 0 unspecified atom stereocenters. The SMILES string of the molecule is Cc1cc(-n2c3ccccc3c3c4c(ccc32)oc2ccccc24)c2c(oc3ccccc32)c1-c1nc(-c2ccccc2)nc(-c2ccccc2)n1. The van der Waals surface area contributed by atoms with E-state index >= 15 is 0 Å². The van der Waals surface area contributed by atoms with Crippen LogP contribution in [-0.2, 0) is 0 Å². The van der Waals surface area contributed by atoms with Crippen LogP contribution in [0.15, 0.2) is 160 Å². The lowest BCUT2D eigenvalue weighted by molar-refractivity contribution is 0.668. The first-order valence-corrected chi connectivity index (χ1v) is 17.4. The summed E-state index contributed by atoms with van der Waals surface area (Å²) in [5, 5.41) is 6.58. The second-order valence-corrected chi connectivity index (χ2v) is 13.2. The Morgan fingerprint density at radius 3 is 1.69 bits per heavy atom. The van der Waals surface area contributed by atoms with Crippen LogP contribution >= 0.6 is 0 Å². The van der Waals surface area contributed by atoms with Gasteiger partial charge in [-0.2, -0.15) is 0 Å². The maximum absolute atomic E-state index is 6.86. The fraction of sp³-hybridized carbons (Fsp3) is 0.0217. The number of rotatable bonds is 4. The molecule has 0 spiro atoms. The Hall–Kier alpha value is -7.05. The number of hydrogen-bond acceptors (Lipinski definition) is 5. The van der Waals surface area contributed by atoms with Crippen molar-refractivity contribution in [2.24, 2.45) is 0 Å². The maximum atomic E-state index is 6.86. The molecule has 0 saturated heterocycles. The highest BCUT2D eigenvalue weighted by atomic mass is 16.3. The number of para-hydroxylation sites is 3. The fourth-order valence-electron chi connectivity index (χ4n) is 7.91. The molecule has 11 aromatic rings. The van der Waals surface area contributed by atoms with E-state index in [0.29, 0.717) is 17.5 Å². The Balaban J connectivity index is 1.26. The lowest BCUT2D eigenvalue weighted by Gasteiger charge is -2.15. The molecule has 0 fully saturated rings. The van der Waals surface area contributed by atoms with E-state index in [4.69, 9.17) is 23.8 Å². The summed E-state index contributed by atoms with van der Waals surface area (Å²) in [7, 11) is 0. The Kier molecular flexibility index (Phi) is 6.07. The van der Waals surface area contributed by atoms with Crippen LogP contribution in [0, 0.1) is 6.92 Å². The molecule has 0 radical (unpaired) electrons. The molecule has 4 heterocycles. The van der Waals surface area contributed by atoms with Gasteiger partial charge in [0.2, 0.25) is 0 Å². The number of nitrogens with zero attached hydrogens (tertiary/aromatic N) is 4. The minimum Gasteiger partial charge on any atom is -0.456 e. The van der Waals surface area contributed by atoms with E-state index < -0.39 is 0 Å². The van der Waals surface area contributed by atoms with E-state index in [9.17, 15) is 0 Å². The van der Waals surface area contributed by atoms with Crippen molar-refractivity contribution in [1.82, 2.24) is 19.5 Å². The van der Waals surface area contributed by atoms with Gasteiger partial charge in [-0.05, 0) is 48.9 Å². The standard InChI is InChI=1S/C46H28N4O2/c1-27-26-35(50-33-21-11-8-18-30(33)40-34(50)24-25-38-42(40)32-20-10-12-22-36(32)51-38)41-31-19-9-13-23-37(31)52-43(41)39(27)46-48-44(28-14-4-2-5-15-28)47-45(49-46)29-16-6-3-7-17-29/h2-26H,1H3. The lowest BCUT2D eigenvalue weighted by atomic mass is 10.0. The number of aromatic nitrogens is 4. The molecule has 11 rings (SSSR count). The molecule has 6 heteroatoms. The Labute approximate surface area is 297 Å². The molecule has 244 valence electrons. The van der Waals surface area contributed by atoms with Gasteiger partial charge in [-0.3, -0.25) is 0 Å². The maximum Gasteiger partial charge on any atom is 0.168 e. The lowest BCUT2D eigenvalue weighted by Crippen LogP contribution is -2.03. The van der Waals surface area contributed by atoms with Gasteiger partial charge in [-0.15, -0.1) is 0 Å². The van der Waals surface area contributed by atoms with Gasteiger partial charge in [0.05, 0.1) is 27.7 Å². The van der Waals surface area contributed by atoms with E-state index in [2.05, 4.69) is 78.2 Å². The Morgan fingerprint density at radius 2 is 1.00 bits per heavy atom. The fourth-order valence-corrected chi connectivity index (χ4v) is 7.91. The average molecular weight is 669 g/mol. The highest BCUT2D eigenvalue weighted by Crippen LogP contribution is 2.46. The molecule has 0 atom stereocenters. The van der Waals surface area contributed by atoms with Crippen LogP contribution in [0.2, 0.25) is 0 Å². The monoisotopic (exact) mass is 668 g/mol. The van der Waals surface area contributed by atoms with Crippen LogP contribution in [0.3, 0.4) is 0 Å². The Bertz CT molecular complexity index is 3130. The van der Waals surface area contributed by atoms with Crippen LogP contribution in [0.5, 0.6) is 0 Å². The van der Waals surface area contributed by atoms with Crippen molar-refractivity contribution in [2.45, 2.75) is 6.92 Å². The molecule has 0 bridgehead atoms. The first kappa shape index (κ1) is 28.8. The number of furan rings is 2. The van der Waals surface area contributed by atoms with Crippen molar-refractivity contribution in [2.75, 3.05) is 0 Å². The summed E-state index contributed by atoms with van der Waals surface area (Å²) >= 11 is 0. The smallest absolute Gasteiger partial charge is 0.168 e. The molecule has 0 aliphatic heterocycles. The van der Waals surface area contributed by atoms with Crippen molar-refractivity contribution in [3.8, 4) is 39.9 Å². The molecular weight excluding hydrogens is 641 g/mol. The first-order valence-electron chi connectivity index (χ1n) is 17.4. The second-order valence-electron chi connectivity index (χ2n) is 13.2. The summed E-state index contributed by atoms with van der Waals surface area (Å²) in [5.74, 6) is 1.78. The van der Waals surface area contributed by atoms with Crippen molar-refractivity contribution < 1.29 is 8.83 Å². The largest absolute Gasteiger partial charge is 0.456 e. The molecule has 7 aromatic carbocycles. The van der Waals surface area contributed by atoms with Gasteiger partial charge < -0.3 is 13.4 Å². The molecule has 0 aliphatic carbocycles. The van der Waals surface area contributed by atoms with Gasteiger partial charge in [0.1, 0.15) is 22.3 Å². The number of aryl methyl sites for hydroxylation is 1. The highest BCUT2D eigenvalue weighted by Gasteiger charge is 2.26. The predicted molar refractivity (Wildman–Crippen MR) is 210 cm³/mol. The number of hydrogen-bond donors (Lipinski definition) is 0. The van der Waals surface area contributed by atoms with E-state index in [0.717, 1.165) is 88.2 Å². The molecule has 0 N–H and O–H groups in total. The molecule has 0 saturated carbocycles. The Morgan fingerprint density at radius 1 is 0.442 bits per heavy atom. The third kappa shape index (κ3) is 4.15. The summed E-state index contributed by atoms with van der Waals surface area (Å²) in [4.78, 5) is 15.2. The average Bonchev–Trinajstić information content (AvgIpc) is 3.88. The van der Waals surface area contributed by atoms with Gasteiger partial charge in [0.15, 0.2) is 17.5 Å². The van der Waals surface area contributed by atoms with E-state index in [1.807, 2.05) is 84.9 Å². The van der Waals surface area contributed by atoms with Crippen molar-refractivity contribution in [1.29, 1.82) is 0 Å². The zero-order valence-corrected chi connectivity index (χ0v) is 28.0. The molecule has 6 nitrogen and oxygen atoms in total. The van der Waals surface area contributed by atoms with E-state index in [1.54, 1.807) is 0 Å². The normalized spacial score (nSPS) is 11.9. The van der Waals surface area contributed by atoms with Gasteiger partial charge in [0, 0.05) is 38.1 Å². The molecule has 0 aliphatic rings. The summed E-state index contributed by atoms with van der Waals surface area (Å²) in [6.07, 6.45) is 0. The predicted octanol–water partition coefficient (Wildman–Crippen LogP) is 12.1. The molecule has 4 aromatic heterocycles. The van der Waals surface area contributed by atoms with Crippen molar-refractivity contribution in [3.05, 3.63) is 157 Å². The third-order valence-electron chi connectivity index (χ3n) is 10.2. The topological polar surface area (TPSA) is 69.9 Å². The van der Waals surface area contributed by atoms with E-state index in [-0.39, 0.29) is 0 Å². The summed E-state index contributed by atoms with van der Waals surface area (Å²) < 4.78 is 15.6. The summed E-state index contributed by atoms with van der Waals surface area (Å²) in [6, 6.07) is 51.8. The van der Waals surface area contributed by atoms with Gasteiger partial charge in [-0.1, -0.05) is 115 Å². The summed E-state index contributed by atoms with van der Waals surface area (Å²) in [6.45, 7) is 2.12. The van der Waals surface area contributed by atoms with Crippen LogP contribution in [0.4, 0.5) is 0 Å². The number of fused-ring (bicyclic) bond motifs is 10. The third-order valence-corrected chi connectivity index (χ3v) is 10.2. The zero-order valence-electron chi connectivity index (χ0n) is 28.0. The van der Waals surface area contributed by atoms with Gasteiger partial charge in [-0.25, -0.2) is 15.0 Å². The zero-order chi connectivity index (χ0) is 34.3. The minimum absolute atomic E-state index is 0.564.